The number of hydrogen-bond donors (Lipinski definition) is 2. The third-order valence-electron chi connectivity index (χ3n) is 3.28. The molecule has 2 nitrogen and oxygen atoms in total. The molecule has 1 aromatic carbocycles. The van der Waals surface area contributed by atoms with E-state index in [0.29, 0.717) is 6.04 Å². The third kappa shape index (κ3) is 4.46. The second-order valence-electron chi connectivity index (χ2n) is 4.76. The van der Waals surface area contributed by atoms with Crippen molar-refractivity contribution in [3.05, 3.63) is 34.9 Å². The quantitative estimate of drug-likeness (QED) is 0.829. The van der Waals surface area contributed by atoms with E-state index in [-0.39, 0.29) is 0 Å². The van der Waals surface area contributed by atoms with Crippen molar-refractivity contribution in [2.75, 3.05) is 6.54 Å². The number of rotatable bonds is 4. The van der Waals surface area contributed by atoms with Crippen molar-refractivity contribution >= 4 is 28.9 Å². The number of thiocarbonyl (C=S) groups is 1. The summed E-state index contributed by atoms with van der Waals surface area (Å²) in [4.78, 5) is 0. The summed E-state index contributed by atoms with van der Waals surface area (Å²) < 4.78 is 0. The molecule has 2 N–H and O–H groups in total. The molecule has 4 heteroatoms. The van der Waals surface area contributed by atoms with Crippen LogP contribution in [0.1, 0.15) is 31.2 Å². The van der Waals surface area contributed by atoms with E-state index in [9.17, 15) is 0 Å². The predicted octanol–water partition coefficient (Wildman–Crippen LogP) is 3.29. The number of nitrogens with one attached hydrogen (secondary N) is 2. The maximum atomic E-state index is 5.94. The van der Waals surface area contributed by atoms with E-state index in [1.165, 1.54) is 31.2 Å². The predicted molar refractivity (Wildman–Crippen MR) is 81.1 cm³/mol. The number of halogens is 1. The van der Waals surface area contributed by atoms with Crippen LogP contribution in [0, 0.1) is 0 Å². The maximum Gasteiger partial charge on any atom is 0.166 e. The molecular weight excluding hydrogens is 264 g/mol. The molecule has 0 radical (unpaired) electrons. The fraction of sp³-hybridized carbons (Fsp3) is 0.500. The van der Waals surface area contributed by atoms with Gasteiger partial charge in [0.05, 0.1) is 0 Å². The fourth-order valence-corrected chi connectivity index (χ4v) is 2.80. The minimum Gasteiger partial charge on any atom is -0.362 e. The van der Waals surface area contributed by atoms with Gasteiger partial charge in [0.1, 0.15) is 0 Å². The van der Waals surface area contributed by atoms with Crippen molar-refractivity contribution in [3.63, 3.8) is 0 Å². The molecule has 1 fully saturated rings. The summed E-state index contributed by atoms with van der Waals surface area (Å²) in [5, 5.41) is 8.20. The topological polar surface area (TPSA) is 24.1 Å². The second-order valence-corrected chi connectivity index (χ2v) is 5.61. The van der Waals surface area contributed by atoms with Gasteiger partial charge >= 0.3 is 0 Å². The van der Waals surface area contributed by atoms with E-state index in [1.807, 2.05) is 18.2 Å². The summed E-state index contributed by atoms with van der Waals surface area (Å²) in [6, 6.07) is 8.53. The van der Waals surface area contributed by atoms with E-state index in [4.69, 9.17) is 23.8 Å². The Morgan fingerprint density at radius 3 is 2.83 bits per heavy atom. The van der Waals surface area contributed by atoms with Gasteiger partial charge in [-0.05, 0) is 49.2 Å². The van der Waals surface area contributed by atoms with Gasteiger partial charge in [-0.15, -0.1) is 0 Å². The zero-order valence-electron chi connectivity index (χ0n) is 10.4. The molecule has 0 saturated heterocycles. The lowest BCUT2D eigenvalue weighted by Gasteiger charge is -2.15. The molecule has 0 unspecified atom stereocenters. The van der Waals surface area contributed by atoms with E-state index in [0.717, 1.165) is 23.1 Å². The van der Waals surface area contributed by atoms with Crippen LogP contribution in [-0.2, 0) is 6.42 Å². The molecule has 2 rings (SSSR count). The minimum atomic E-state index is 0.580. The average Bonchev–Trinajstić information content (AvgIpc) is 2.82. The monoisotopic (exact) mass is 282 g/mol. The Labute approximate surface area is 119 Å². The zero-order valence-corrected chi connectivity index (χ0v) is 12.0. The van der Waals surface area contributed by atoms with E-state index in [2.05, 4.69) is 16.7 Å². The van der Waals surface area contributed by atoms with Gasteiger partial charge in [-0.2, -0.15) is 0 Å². The Balaban J connectivity index is 1.66. The van der Waals surface area contributed by atoms with Gasteiger partial charge in [0.15, 0.2) is 5.11 Å². The van der Waals surface area contributed by atoms with Crippen molar-refractivity contribution in [1.82, 2.24) is 10.6 Å². The largest absolute Gasteiger partial charge is 0.362 e. The van der Waals surface area contributed by atoms with Gasteiger partial charge in [-0.25, -0.2) is 0 Å². The van der Waals surface area contributed by atoms with Gasteiger partial charge in [0.25, 0.3) is 0 Å². The van der Waals surface area contributed by atoms with Crippen LogP contribution in [0.15, 0.2) is 24.3 Å². The summed E-state index contributed by atoms with van der Waals surface area (Å²) >= 11 is 11.2. The van der Waals surface area contributed by atoms with Crippen molar-refractivity contribution in [2.45, 2.75) is 38.1 Å². The van der Waals surface area contributed by atoms with E-state index >= 15 is 0 Å². The number of benzene rings is 1. The molecule has 1 aliphatic carbocycles. The molecule has 0 aliphatic heterocycles. The van der Waals surface area contributed by atoms with Crippen LogP contribution in [0.2, 0.25) is 5.02 Å². The molecule has 1 aromatic rings. The highest BCUT2D eigenvalue weighted by atomic mass is 35.5. The first-order valence-electron chi connectivity index (χ1n) is 6.53. The van der Waals surface area contributed by atoms with Gasteiger partial charge in [0.2, 0.25) is 0 Å². The van der Waals surface area contributed by atoms with Crippen LogP contribution in [0.3, 0.4) is 0 Å². The molecule has 0 spiro atoms. The molecule has 98 valence electrons. The SMILES string of the molecule is S=C(NCCc1cccc(Cl)c1)NC1CCCC1. The summed E-state index contributed by atoms with van der Waals surface area (Å²) in [5.41, 5.74) is 1.23. The molecule has 18 heavy (non-hydrogen) atoms. The molecule has 1 saturated carbocycles. The average molecular weight is 283 g/mol. The second kappa shape index (κ2) is 6.95. The normalized spacial score (nSPS) is 15.6. The van der Waals surface area contributed by atoms with Crippen LogP contribution < -0.4 is 10.6 Å². The van der Waals surface area contributed by atoms with Gasteiger partial charge < -0.3 is 10.6 Å². The molecule has 1 aliphatic rings. The smallest absolute Gasteiger partial charge is 0.166 e. The zero-order chi connectivity index (χ0) is 12.8. The first kappa shape index (κ1) is 13.6. The van der Waals surface area contributed by atoms with Gasteiger partial charge in [0, 0.05) is 17.6 Å². The Bertz CT molecular complexity index is 403. The lowest BCUT2D eigenvalue weighted by molar-refractivity contribution is 0.621. The third-order valence-corrected chi connectivity index (χ3v) is 3.78. The molecule has 0 aromatic heterocycles. The first-order valence-corrected chi connectivity index (χ1v) is 7.31. The standard InChI is InChI=1S/C14H19ClN2S/c15-12-5-3-4-11(10-12)8-9-16-14(18)17-13-6-1-2-7-13/h3-5,10,13H,1-2,6-9H2,(H2,16,17,18). The van der Waals surface area contributed by atoms with Crippen LogP contribution in [0.25, 0.3) is 0 Å². The summed E-state index contributed by atoms with van der Waals surface area (Å²) in [7, 11) is 0. The van der Waals surface area contributed by atoms with Crippen molar-refractivity contribution in [3.8, 4) is 0 Å². The molecular formula is C14H19ClN2S. The molecule has 0 heterocycles. The summed E-state index contributed by atoms with van der Waals surface area (Å²) in [6.07, 6.45) is 6.07. The summed E-state index contributed by atoms with van der Waals surface area (Å²) in [5.74, 6) is 0. The van der Waals surface area contributed by atoms with E-state index in [1.54, 1.807) is 0 Å². The highest BCUT2D eigenvalue weighted by Gasteiger charge is 2.14. The maximum absolute atomic E-state index is 5.94. The fourth-order valence-electron chi connectivity index (χ4n) is 2.32. The molecule has 0 amide bonds. The first-order chi connectivity index (χ1) is 8.74. The highest BCUT2D eigenvalue weighted by molar-refractivity contribution is 7.80. The van der Waals surface area contributed by atoms with Crippen molar-refractivity contribution in [2.24, 2.45) is 0 Å². The van der Waals surface area contributed by atoms with Gasteiger partial charge in [-0.3, -0.25) is 0 Å². The van der Waals surface area contributed by atoms with Crippen molar-refractivity contribution in [1.29, 1.82) is 0 Å². The van der Waals surface area contributed by atoms with Crippen LogP contribution in [0.4, 0.5) is 0 Å². The lowest BCUT2D eigenvalue weighted by Crippen LogP contribution is -2.41. The Morgan fingerprint density at radius 2 is 2.11 bits per heavy atom. The van der Waals surface area contributed by atoms with Crippen LogP contribution in [-0.4, -0.2) is 17.7 Å². The van der Waals surface area contributed by atoms with Crippen LogP contribution >= 0.6 is 23.8 Å². The van der Waals surface area contributed by atoms with E-state index < -0.39 is 0 Å². The lowest BCUT2D eigenvalue weighted by atomic mass is 10.1. The highest BCUT2D eigenvalue weighted by Crippen LogP contribution is 2.17. The summed E-state index contributed by atoms with van der Waals surface area (Å²) in [6.45, 7) is 0.846. The Hall–Kier alpha value is -0.800. The van der Waals surface area contributed by atoms with Crippen molar-refractivity contribution < 1.29 is 0 Å². The molecule has 0 atom stereocenters. The van der Waals surface area contributed by atoms with Gasteiger partial charge in [-0.1, -0.05) is 36.6 Å². The number of hydrogen-bond acceptors (Lipinski definition) is 1. The van der Waals surface area contributed by atoms with Crippen LogP contribution in [0.5, 0.6) is 0 Å². The Kier molecular flexibility index (Phi) is 5.26. The minimum absolute atomic E-state index is 0.580. The Morgan fingerprint density at radius 1 is 1.33 bits per heavy atom. The molecule has 0 bridgehead atoms.